The largest absolute Gasteiger partial charge is 0.339 e. The van der Waals surface area contributed by atoms with Crippen LogP contribution in [0.25, 0.3) is 0 Å². The summed E-state index contributed by atoms with van der Waals surface area (Å²) in [4.78, 5) is 4.39. The SMILES string of the molecule is CCC(CN)Cc1nc(CSC(C)(C)C)no1. The molecule has 1 aromatic heterocycles. The van der Waals surface area contributed by atoms with Crippen molar-refractivity contribution in [1.29, 1.82) is 0 Å². The topological polar surface area (TPSA) is 64.9 Å². The first kappa shape index (κ1) is 14.5. The van der Waals surface area contributed by atoms with E-state index >= 15 is 0 Å². The first-order chi connectivity index (χ1) is 7.94. The number of hydrogen-bond acceptors (Lipinski definition) is 5. The van der Waals surface area contributed by atoms with E-state index in [1.165, 1.54) is 0 Å². The summed E-state index contributed by atoms with van der Waals surface area (Å²) in [5.74, 6) is 2.74. The quantitative estimate of drug-likeness (QED) is 0.848. The van der Waals surface area contributed by atoms with Crippen LogP contribution in [0.4, 0.5) is 0 Å². The molecule has 1 rings (SSSR count). The molecule has 0 fully saturated rings. The predicted octanol–water partition coefficient (Wildman–Crippen LogP) is 2.63. The van der Waals surface area contributed by atoms with Crippen LogP contribution in [0.1, 0.15) is 45.8 Å². The fraction of sp³-hybridized carbons (Fsp3) is 0.833. The van der Waals surface area contributed by atoms with Crippen LogP contribution in [-0.2, 0) is 12.2 Å². The molecule has 4 nitrogen and oxygen atoms in total. The highest BCUT2D eigenvalue weighted by Gasteiger charge is 2.15. The van der Waals surface area contributed by atoms with Gasteiger partial charge in [0.25, 0.3) is 0 Å². The Labute approximate surface area is 108 Å². The molecule has 1 heterocycles. The lowest BCUT2D eigenvalue weighted by atomic mass is 10.0. The first-order valence-corrected chi connectivity index (χ1v) is 7.08. The Bertz CT molecular complexity index is 329. The summed E-state index contributed by atoms with van der Waals surface area (Å²) in [5, 5.41) is 3.99. The zero-order valence-electron chi connectivity index (χ0n) is 11.2. The van der Waals surface area contributed by atoms with Gasteiger partial charge in [-0.2, -0.15) is 4.98 Å². The molecular weight excluding hydrogens is 234 g/mol. The minimum Gasteiger partial charge on any atom is -0.339 e. The Morgan fingerprint density at radius 2 is 2.12 bits per heavy atom. The van der Waals surface area contributed by atoms with E-state index in [0.29, 0.717) is 18.4 Å². The molecule has 1 unspecified atom stereocenters. The van der Waals surface area contributed by atoms with E-state index in [1.807, 2.05) is 11.8 Å². The molecule has 0 saturated heterocycles. The Balaban J connectivity index is 2.48. The molecule has 0 spiro atoms. The van der Waals surface area contributed by atoms with Crippen molar-refractivity contribution in [3.05, 3.63) is 11.7 Å². The molecule has 0 amide bonds. The molecule has 1 atom stereocenters. The minimum absolute atomic E-state index is 0.226. The minimum atomic E-state index is 0.226. The van der Waals surface area contributed by atoms with Crippen LogP contribution in [0.2, 0.25) is 0 Å². The van der Waals surface area contributed by atoms with Crippen molar-refractivity contribution in [2.24, 2.45) is 11.7 Å². The summed E-state index contributed by atoms with van der Waals surface area (Å²) in [6.45, 7) is 9.34. The van der Waals surface area contributed by atoms with Gasteiger partial charge in [0, 0.05) is 11.2 Å². The highest BCUT2D eigenvalue weighted by Crippen LogP contribution is 2.26. The van der Waals surface area contributed by atoms with Crippen LogP contribution < -0.4 is 5.73 Å². The highest BCUT2D eigenvalue weighted by molar-refractivity contribution is 7.99. The molecule has 0 aliphatic heterocycles. The number of nitrogens with zero attached hydrogens (tertiary/aromatic N) is 2. The van der Waals surface area contributed by atoms with Gasteiger partial charge in [-0.1, -0.05) is 39.3 Å². The number of nitrogens with two attached hydrogens (primary N) is 1. The van der Waals surface area contributed by atoms with E-state index in [0.717, 1.165) is 24.4 Å². The summed E-state index contributed by atoms with van der Waals surface area (Å²) in [6.07, 6.45) is 1.84. The van der Waals surface area contributed by atoms with Crippen LogP contribution >= 0.6 is 11.8 Å². The van der Waals surface area contributed by atoms with E-state index < -0.39 is 0 Å². The van der Waals surface area contributed by atoms with Crippen LogP contribution in [0.3, 0.4) is 0 Å². The summed E-state index contributed by atoms with van der Waals surface area (Å²) in [5.41, 5.74) is 5.66. The van der Waals surface area contributed by atoms with Crippen molar-refractivity contribution < 1.29 is 4.52 Å². The average molecular weight is 257 g/mol. The average Bonchev–Trinajstić information content (AvgIpc) is 2.70. The van der Waals surface area contributed by atoms with E-state index in [2.05, 4.69) is 37.8 Å². The van der Waals surface area contributed by atoms with Gasteiger partial charge in [-0.15, -0.1) is 11.8 Å². The van der Waals surface area contributed by atoms with Gasteiger partial charge in [-0.3, -0.25) is 0 Å². The molecule has 0 aliphatic carbocycles. The fourth-order valence-electron chi connectivity index (χ4n) is 1.35. The van der Waals surface area contributed by atoms with Gasteiger partial charge >= 0.3 is 0 Å². The molecule has 5 heteroatoms. The van der Waals surface area contributed by atoms with Gasteiger partial charge in [0.05, 0.1) is 5.75 Å². The summed E-state index contributed by atoms with van der Waals surface area (Å²) < 4.78 is 5.46. The molecular formula is C12H23N3OS. The number of hydrogen-bond donors (Lipinski definition) is 1. The third-order valence-corrected chi connectivity index (χ3v) is 3.79. The molecule has 0 bridgehead atoms. The Morgan fingerprint density at radius 1 is 1.41 bits per heavy atom. The van der Waals surface area contributed by atoms with Gasteiger partial charge in [-0.05, 0) is 12.5 Å². The van der Waals surface area contributed by atoms with Gasteiger partial charge in [-0.25, -0.2) is 0 Å². The maximum absolute atomic E-state index is 5.66. The van der Waals surface area contributed by atoms with Crippen molar-refractivity contribution in [3.63, 3.8) is 0 Å². The van der Waals surface area contributed by atoms with Gasteiger partial charge in [0.2, 0.25) is 5.89 Å². The molecule has 0 saturated carbocycles. The first-order valence-electron chi connectivity index (χ1n) is 6.10. The fourth-order valence-corrected chi connectivity index (χ4v) is 2.03. The second-order valence-electron chi connectivity index (χ2n) is 5.22. The summed E-state index contributed by atoms with van der Waals surface area (Å²) in [6, 6.07) is 0. The van der Waals surface area contributed by atoms with E-state index in [9.17, 15) is 0 Å². The maximum atomic E-state index is 5.66. The third kappa shape index (κ3) is 5.55. The van der Waals surface area contributed by atoms with Crippen LogP contribution in [0.15, 0.2) is 4.52 Å². The predicted molar refractivity (Wildman–Crippen MR) is 71.9 cm³/mol. The zero-order chi connectivity index (χ0) is 12.9. The van der Waals surface area contributed by atoms with Crippen molar-refractivity contribution in [1.82, 2.24) is 10.1 Å². The second kappa shape index (κ2) is 6.40. The Hall–Kier alpha value is -0.550. The monoisotopic (exact) mass is 257 g/mol. The lowest BCUT2D eigenvalue weighted by Crippen LogP contribution is -2.16. The molecule has 17 heavy (non-hydrogen) atoms. The normalized spacial score (nSPS) is 13.9. The molecule has 1 aromatic rings. The van der Waals surface area contributed by atoms with E-state index in [4.69, 9.17) is 10.3 Å². The lowest BCUT2D eigenvalue weighted by Gasteiger charge is -2.15. The smallest absolute Gasteiger partial charge is 0.226 e. The van der Waals surface area contributed by atoms with E-state index in [-0.39, 0.29) is 4.75 Å². The zero-order valence-corrected chi connectivity index (χ0v) is 12.0. The molecule has 0 aromatic carbocycles. The number of thioether (sulfide) groups is 1. The van der Waals surface area contributed by atoms with E-state index in [1.54, 1.807) is 0 Å². The number of aromatic nitrogens is 2. The third-order valence-electron chi connectivity index (χ3n) is 2.52. The Kier molecular flexibility index (Phi) is 5.46. The van der Waals surface area contributed by atoms with Crippen molar-refractivity contribution >= 4 is 11.8 Å². The molecule has 0 radical (unpaired) electrons. The van der Waals surface area contributed by atoms with Gasteiger partial charge in [0.15, 0.2) is 5.82 Å². The van der Waals surface area contributed by atoms with Crippen LogP contribution in [0.5, 0.6) is 0 Å². The maximum Gasteiger partial charge on any atom is 0.226 e. The van der Waals surface area contributed by atoms with Crippen LogP contribution in [0, 0.1) is 5.92 Å². The van der Waals surface area contributed by atoms with Crippen molar-refractivity contribution in [2.75, 3.05) is 6.54 Å². The van der Waals surface area contributed by atoms with Gasteiger partial charge < -0.3 is 10.3 Å². The molecule has 0 aliphatic rings. The van der Waals surface area contributed by atoms with Gasteiger partial charge in [0.1, 0.15) is 0 Å². The van der Waals surface area contributed by atoms with Crippen molar-refractivity contribution in [3.8, 4) is 0 Å². The number of rotatable bonds is 6. The lowest BCUT2D eigenvalue weighted by molar-refractivity contribution is 0.348. The highest BCUT2D eigenvalue weighted by atomic mass is 32.2. The standard InChI is InChI=1S/C12H23N3OS/c1-5-9(7-13)6-11-14-10(15-16-11)8-17-12(2,3)4/h9H,5-8,13H2,1-4H3. The molecule has 2 N–H and O–H groups in total. The molecule has 98 valence electrons. The summed E-state index contributed by atoms with van der Waals surface area (Å²) >= 11 is 1.82. The second-order valence-corrected chi connectivity index (χ2v) is 7.02. The van der Waals surface area contributed by atoms with Crippen molar-refractivity contribution in [2.45, 2.75) is 51.0 Å². The Morgan fingerprint density at radius 3 is 2.65 bits per heavy atom. The van der Waals surface area contributed by atoms with Crippen LogP contribution in [-0.4, -0.2) is 21.4 Å². The summed E-state index contributed by atoms with van der Waals surface area (Å²) in [7, 11) is 0.